The molecule has 2 rings (SSSR count). The number of halogens is 1. The molecule has 10 heteroatoms. The minimum atomic E-state index is -0.816. The summed E-state index contributed by atoms with van der Waals surface area (Å²) in [6, 6.07) is 13.0. The average molecular weight is 462 g/mol. The first-order valence-electron chi connectivity index (χ1n) is 9.71. The number of carbonyl (C=O) groups is 3. The molecule has 32 heavy (non-hydrogen) atoms. The summed E-state index contributed by atoms with van der Waals surface area (Å²) in [7, 11) is 0. The molecule has 0 unspecified atom stereocenters. The molecular weight excluding hydrogens is 438 g/mol. The molecule has 0 heterocycles. The Morgan fingerprint density at radius 1 is 1.12 bits per heavy atom. The molecule has 0 bridgehead atoms. The summed E-state index contributed by atoms with van der Waals surface area (Å²) in [5, 5.41) is 13.1. The predicted octanol–water partition coefficient (Wildman–Crippen LogP) is 3.35. The van der Waals surface area contributed by atoms with E-state index >= 15 is 0 Å². The Morgan fingerprint density at radius 2 is 1.78 bits per heavy atom. The zero-order chi connectivity index (χ0) is 23.9. The number of rotatable bonds is 8. The molecule has 0 radical (unpaired) electrons. The van der Waals surface area contributed by atoms with Gasteiger partial charge in [-0.25, -0.2) is 0 Å². The van der Waals surface area contributed by atoms with Crippen molar-refractivity contribution in [3.8, 4) is 0 Å². The van der Waals surface area contributed by atoms with Gasteiger partial charge in [-0.3, -0.25) is 24.5 Å². The summed E-state index contributed by atoms with van der Waals surface area (Å²) < 4.78 is 5.01. The Hall–Kier alpha value is -3.46. The summed E-state index contributed by atoms with van der Waals surface area (Å²) in [6.07, 6.45) is 0. The van der Waals surface area contributed by atoms with Crippen molar-refractivity contribution in [2.45, 2.75) is 32.9 Å². The van der Waals surface area contributed by atoms with E-state index in [1.807, 2.05) is 51.1 Å². The minimum absolute atomic E-state index is 0.0354. The zero-order valence-electron chi connectivity index (χ0n) is 18.0. The maximum Gasteiger partial charge on any atom is 0.325 e. The minimum Gasteiger partial charge on any atom is -0.454 e. The number of carbonyl (C=O) groups excluding carboxylic acids is 3. The fraction of sp³-hybridized carbons (Fsp3) is 0.318. The number of amides is 2. The Balaban J connectivity index is 1.91. The Morgan fingerprint density at radius 3 is 2.38 bits per heavy atom. The third-order valence-electron chi connectivity index (χ3n) is 4.45. The van der Waals surface area contributed by atoms with E-state index in [1.54, 1.807) is 4.90 Å². The van der Waals surface area contributed by atoms with E-state index < -0.39 is 41.2 Å². The molecule has 0 spiro atoms. The smallest absolute Gasteiger partial charge is 0.325 e. The van der Waals surface area contributed by atoms with E-state index in [0.717, 1.165) is 11.6 Å². The monoisotopic (exact) mass is 461 g/mol. The van der Waals surface area contributed by atoms with Crippen LogP contribution in [0, 0.1) is 10.1 Å². The third kappa shape index (κ3) is 7.05. The molecule has 0 aliphatic carbocycles. The van der Waals surface area contributed by atoms with Gasteiger partial charge in [0.1, 0.15) is 11.6 Å². The lowest BCUT2D eigenvalue weighted by molar-refractivity contribution is -0.384. The highest BCUT2D eigenvalue weighted by atomic mass is 35.5. The molecule has 170 valence electrons. The van der Waals surface area contributed by atoms with Crippen molar-refractivity contribution in [2.75, 3.05) is 13.2 Å². The molecule has 0 aliphatic heterocycles. The average Bonchev–Trinajstić information content (AvgIpc) is 2.74. The molecule has 0 aromatic heterocycles. The second-order valence-electron chi connectivity index (χ2n) is 7.90. The van der Waals surface area contributed by atoms with Crippen LogP contribution in [-0.4, -0.2) is 46.3 Å². The summed E-state index contributed by atoms with van der Waals surface area (Å²) in [5.41, 5.74) is -0.0250. The largest absolute Gasteiger partial charge is 0.454 e. The molecular formula is C22H24ClN3O6. The molecule has 0 atom stereocenters. The second kappa shape index (κ2) is 10.7. The Bertz CT molecular complexity index is 1000. The highest BCUT2D eigenvalue weighted by Crippen LogP contribution is 2.25. The summed E-state index contributed by atoms with van der Waals surface area (Å²) in [4.78, 5) is 48.7. The van der Waals surface area contributed by atoms with Crippen LogP contribution in [0.1, 0.15) is 36.7 Å². The van der Waals surface area contributed by atoms with E-state index in [-0.39, 0.29) is 16.5 Å². The lowest BCUT2D eigenvalue weighted by atomic mass is 10.0. The van der Waals surface area contributed by atoms with Crippen molar-refractivity contribution in [3.63, 3.8) is 0 Å². The predicted molar refractivity (Wildman–Crippen MR) is 118 cm³/mol. The van der Waals surface area contributed by atoms with Gasteiger partial charge in [0.15, 0.2) is 6.61 Å². The van der Waals surface area contributed by atoms with Crippen LogP contribution in [0.5, 0.6) is 0 Å². The van der Waals surface area contributed by atoms with Crippen LogP contribution in [0.2, 0.25) is 5.02 Å². The van der Waals surface area contributed by atoms with Gasteiger partial charge in [0.2, 0.25) is 0 Å². The number of hydrogen-bond donors (Lipinski definition) is 1. The SMILES string of the molecule is CC(C)(C)N(Cc1ccccc1)C(=O)COC(=O)CNC(=O)c1ccc(Cl)c([N+](=O)[O-])c1. The van der Waals surface area contributed by atoms with Crippen LogP contribution in [0.25, 0.3) is 0 Å². The van der Waals surface area contributed by atoms with Gasteiger partial charge in [0.25, 0.3) is 17.5 Å². The van der Waals surface area contributed by atoms with E-state index in [2.05, 4.69) is 5.32 Å². The molecule has 0 saturated carbocycles. The number of nitro groups is 1. The van der Waals surface area contributed by atoms with Crippen LogP contribution in [0.4, 0.5) is 5.69 Å². The van der Waals surface area contributed by atoms with E-state index in [4.69, 9.17) is 16.3 Å². The third-order valence-corrected chi connectivity index (χ3v) is 4.77. The van der Waals surface area contributed by atoms with Gasteiger partial charge in [-0.15, -0.1) is 0 Å². The maximum atomic E-state index is 12.7. The van der Waals surface area contributed by atoms with Crippen molar-refractivity contribution < 1.29 is 24.0 Å². The van der Waals surface area contributed by atoms with Gasteiger partial charge in [-0.2, -0.15) is 0 Å². The number of hydrogen-bond acceptors (Lipinski definition) is 6. The molecule has 2 aromatic carbocycles. The van der Waals surface area contributed by atoms with Crippen LogP contribution in [0.15, 0.2) is 48.5 Å². The first-order chi connectivity index (χ1) is 15.0. The van der Waals surface area contributed by atoms with Crippen molar-refractivity contribution in [2.24, 2.45) is 0 Å². The molecule has 1 N–H and O–H groups in total. The maximum absolute atomic E-state index is 12.7. The number of ether oxygens (including phenoxy) is 1. The Labute approximate surface area is 190 Å². The van der Waals surface area contributed by atoms with Crippen molar-refractivity contribution in [1.29, 1.82) is 0 Å². The molecule has 0 aliphatic rings. The number of benzene rings is 2. The normalized spacial score (nSPS) is 10.9. The molecule has 2 aromatic rings. The van der Waals surface area contributed by atoms with Crippen molar-refractivity contribution >= 4 is 35.1 Å². The first-order valence-corrected chi connectivity index (χ1v) is 10.1. The summed E-state index contributed by atoms with van der Waals surface area (Å²) in [5.74, 6) is -1.91. The van der Waals surface area contributed by atoms with Gasteiger partial charge >= 0.3 is 5.97 Å². The standard InChI is InChI=1S/C22H24ClN3O6/c1-22(2,3)25(13-15-7-5-4-6-8-15)19(27)14-32-20(28)12-24-21(29)16-9-10-17(23)18(11-16)26(30)31/h4-11H,12-14H2,1-3H3,(H,24,29). The van der Waals surface area contributed by atoms with Crippen LogP contribution >= 0.6 is 11.6 Å². The highest BCUT2D eigenvalue weighted by molar-refractivity contribution is 6.32. The first kappa shape index (κ1) is 24.8. The molecule has 0 fully saturated rings. The lowest BCUT2D eigenvalue weighted by Gasteiger charge is -2.35. The summed E-state index contributed by atoms with van der Waals surface area (Å²) >= 11 is 5.72. The fourth-order valence-corrected chi connectivity index (χ4v) is 2.97. The van der Waals surface area contributed by atoms with Crippen LogP contribution in [0.3, 0.4) is 0 Å². The van der Waals surface area contributed by atoms with E-state index in [9.17, 15) is 24.5 Å². The van der Waals surface area contributed by atoms with Crippen LogP contribution < -0.4 is 5.32 Å². The second-order valence-corrected chi connectivity index (χ2v) is 8.31. The van der Waals surface area contributed by atoms with Crippen molar-refractivity contribution in [1.82, 2.24) is 10.2 Å². The fourth-order valence-electron chi connectivity index (χ4n) is 2.78. The van der Waals surface area contributed by atoms with Gasteiger partial charge in [0, 0.05) is 23.7 Å². The number of nitro benzene ring substituents is 1. The molecule has 0 saturated heterocycles. The number of esters is 1. The quantitative estimate of drug-likeness (QED) is 0.366. The van der Waals surface area contributed by atoms with E-state index in [0.29, 0.717) is 6.54 Å². The Kier molecular flexibility index (Phi) is 8.31. The summed E-state index contributed by atoms with van der Waals surface area (Å²) in [6.45, 7) is 5.00. The van der Waals surface area contributed by atoms with Gasteiger partial charge in [-0.1, -0.05) is 41.9 Å². The highest BCUT2D eigenvalue weighted by Gasteiger charge is 2.27. The molecule has 9 nitrogen and oxygen atoms in total. The number of nitrogens with one attached hydrogen (secondary N) is 1. The topological polar surface area (TPSA) is 119 Å². The molecule has 2 amide bonds. The van der Waals surface area contributed by atoms with Gasteiger partial charge in [0.05, 0.1) is 4.92 Å². The van der Waals surface area contributed by atoms with Crippen molar-refractivity contribution in [3.05, 3.63) is 74.8 Å². The zero-order valence-corrected chi connectivity index (χ0v) is 18.7. The van der Waals surface area contributed by atoms with Crippen LogP contribution in [-0.2, 0) is 20.9 Å². The van der Waals surface area contributed by atoms with E-state index in [1.165, 1.54) is 12.1 Å². The number of nitrogens with zero attached hydrogens (tertiary/aromatic N) is 2. The van der Waals surface area contributed by atoms with Gasteiger partial charge in [-0.05, 0) is 38.5 Å². The van der Waals surface area contributed by atoms with Gasteiger partial charge < -0.3 is 15.0 Å². The lowest BCUT2D eigenvalue weighted by Crippen LogP contribution is -2.47.